The lowest BCUT2D eigenvalue weighted by atomic mass is 10.0. The zero-order valence-electron chi connectivity index (χ0n) is 8.90. The van der Waals surface area contributed by atoms with Crippen LogP contribution in [-0.4, -0.2) is 37.8 Å². The SMILES string of the molecule is O=S(=O)(NCC(O)C(F)F)C1CCCCC1. The highest BCUT2D eigenvalue weighted by Gasteiger charge is 2.28. The van der Waals surface area contributed by atoms with E-state index < -0.39 is 34.3 Å². The molecule has 1 fully saturated rings. The van der Waals surface area contributed by atoms with Gasteiger partial charge in [0.05, 0.1) is 5.25 Å². The summed E-state index contributed by atoms with van der Waals surface area (Å²) in [6.07, 6.45) is -0.995. The molecule has 1 aliphatic rings. The second-order valence-electron chi connectivity index (χ2n) is 4.06. The van der Waals surface area contributed by atoms with E-state index in [-0.39, 0.29) is 0 Å². The zero-order chi connectivity index (χ0) is 12.2. The van der Waals surface area contributed by atoms with Crippen molar-refractivity contribution < 1.29 is 22.3 Å². The van der Waals surface area contributed by atoms with Crippen molar-refractivity contribution in [2.24, 2.45) is 0 Å². The lowest BCUT2D eigenvalue weighted by Gasteiger charge is -2.22. The maximum atomic E-state index is 12.0. The van der Waals surface area contributed by atoms with Gasteiger partial charge in [-0.15, -0.1) is 0 Å². The molecule has 0 radical (unpaired) electrons. The Morgan fingerprint density at radius 3 is 2.31 bits per heavy atom. The van der Waals surface area contributed by atoms with Gasteiger partial charge in [0.1, 0.15) is 6.10 Å². The minimum Gasteiger partial charge on any atom is -0.386 e. The summed E-state index contributed by atoms with van der Waals surface area (Å²) in [5, 5.41) is 8.32. The summed E-state index contributed by atoms with van der Waals surface area (Å²) >= 11 is 0. The van der Waals surface area contributed by atoms with Crippen molar-refractivity contribution in [1.29, 1.82) is 0 Å². The molecular weight excluding hydrogens is 240 g/mol. The van der Waals surface area contributed by atoms with Crippen LogP contribution < -0.4 is 4.72 Å². The number of nitrogens with one attached hydrogen (secondary N) is 1. The molecule has 0 saturated heterocycles. The summed E-state index contributed by atoms with van der Waals surface area (Å²) in [5.74, 6) is 0. The molecule has 1 rings (SSSR count). The van der Waals surface area contributed by atoms with Crippen molar-refractivity contribution in [1.82, 2.24) is 4.72 Å². The Hall–Kier alpha value is -0.270. The largest absolute Gasteiger partial charge is 0.386 e. The Kier molecular flexibility index (Phi) is 5.07. The molecule has 1 saturated carbocycles. The highest BCUT2D eigenvalue weighted by Crippen LogP contribution is 2.22. The fourth-order valence-electron chi connectivity index (χ4n) is 1.78. The third-order valence-electron chi connectivity index (χ3n) is 2.78. The monoisotopic (exact) mass is 257 g/mol. The molecule has 0 aromatic heterocycles. The third kappa shape index (κ3) is 3.95. The van der Waals surface area contributed by atoms with Crippen LogP contribution >= 0.6 is 0 Å². The third-order valence-corrected chi connectivity index (χ3v) is 4.69. The topological polar surface area (TPSA) is 66.4 Å². The van der Waals surface area contributed by atoms with E-state index in [0.717, 1.165) is 19.3 Å². The van der Waals surface area contributed by atoms with E-state index >= 15 is 0 Å². The number of rotatable bonds is 5. The molecule has 7 heteroatoms. The van der Waals surface area contributed by atoms with Gasteiger partial charge >= 0.3 is 0 Å². The predicted octanol–water partition coefficient (Wildman–Crippen LogP) is 0.864. The van der Waals surface area contributed by atoms with Crippen LogP contribution in [0.1, 0.15) is 32.1 Å². The van der Waals surface area contributed by atoms with Gasteiger partial charge in [0.2, 0.25) is 10.0 Å². The van der Waals surface area contributed by atoms with Crippen molar-refractivity contribution in [3.05, 3.63) is 0 Å². The van der Waals surface area contributed by atoms with Crippen LogP contribution in [0.2, 0.25) is 0 Å². The number of sulfonamides is 1. The van der Waals surface area contributed by atoms with E-state index in [1.165, 1.54) is 0 Å². The smallest absolute Gasteiger partial charge is 0.265 e. The molecule has 4 nitrogen and oxygen atoms in total. The van der Waals surface area contributed by atoms with Gasteiger partial charge in [-0.05, 0) is 12.8 Å². The van der Waals surface area contributed by atoms with Crippen LogP contribution in [0.5, 0.6) is 0 Å². The van der Waals surface area contributed by atoms with Gasteiger partial charge in [-0.1, -0.05) is 19.3 Å². The van der Waals surface area contributed by atoms with Gasteiger partial charge in [0, 0.05) is 6.54 Å². The molecule has 16 heavy (non-hydrogen) atoms. The van der Waals surface area contributed by atoms with E-state index in [1.807, 2.05) is 0 Å². The van der Waals surface area contributed by atoms with Crippen molar-refractivity contribution in [2.75, 3.05) is 6.54 Å². The molecule has 0 aliphatic heterocycles. The first-order valence-corrected chi connectivity index (χ1v) is 6.93. The number of alkyl halides is 2. The summed E-state index contributed by atoms with van der Waals surface area (Å²) in [5.41, 5.74) is 0. The maximum Gasteiger partial charge on any atom is 0.265 e. The van der Waals surface area contributed by atoms with Gasteiger partial charge in [-0.3, -0.25) is 0 Å². The van der Waals surface area contributed by atoms with Crippen molar-refractivity contribution in [3.8, 4) is 0 Å². The standard InChI is InChI=1S/C9H17F2NO3S/c10-9(11)8(13)6-12-16(14,15)7-4-2-1-3-5-7/h7-9,12-13H,1-6H2. The van der Waals surface area contributed by atoms with Gasteiger partial charge in [0.25, 0.3) is 6.43 Å². The molecule has 0 bridgehead atoms. The minimum atomic E-state index is -3.56. The Balaban J connectivity index is 2.44. The molecular formula is C9H17F2NO3S. The molecule has 0 aromatic rings. The summed E-state index contributed by atoms with van der Waals surface area (Å²) in [6, 6.07) is 0. The van der Waals surface area contributed by atoms with E-state index in [0.29, 0.717) is 12.8 Å². The highest BCUT2D eigenvalue weighted by molar-refractivity contribution is 7.90. The van der Waals surface area contributed by atoms with Crippen molar-refractivity contribution >= 4 is 10.0 Å². The van der Waals surface area contributed by atoms with Gasteiger partial charge < -0.3 is 5.11 Å². The lowest BCUT2D eigenvalue weighted by molar-refractivity contribution is -0.000492. The quantitative estimate of drug-likeness (QED) is 0.768. The molecule has 1 atom stereocenters. The first-order valence-electron chi connectivity index (χ1n) is 5.38. The first kappa shape index (κ1) is 13.8. The molecule has 1 unspecified atom stereocenters. The summed E-state index contributed by atoms with van der Waals surface area (Å²) in [6.45, 7) is -0.615. The number of halogens is 2. The predicted molar refractivity (Wildman–Crippen MR) is 55.8 cm³/mol. The van der Waals surface area contributed by atoms with Crippen LogP contribution in [0.15, 0.2) is 0 Å². The molecule has 96 valence electrons. The van der Waals surface area contributed by atoms with E-state index in [9.17, 15) is 17.2 Å². The van der Waals surface area contributed by atoms with Gasteiger partial charge in [-0.25, -0.2) is 21.9 Å². The number of hydrogen-bond donors (Lipinski definition) is 2. The molecule has 0 aromatic carbocycles. The second-order valence-corrected chi connectivity index (χ2v) is 6.10. The maximum absolute atomic E-state index is 12.0. The summed E-state index contributed by atoms with van der Waals surface area (Å²) in [7, 11) is -3.56. The van der Waals surface area contributed by atoms with Crippen molar-refractivity contribution in [3.63, 3.8) is 0 Å². The Morgan fingerprint density at radius 1 is 1.25 bits per heavy atom. The average molecular weight is 257 g/mol. The number of hydrogen-bond acceptors (Lipinski definition) is 3. The van der Waals surface area contributed by atoms with Crippen LogP contribution in [0.3, 0.4) is 0 Å². The number of aliphatic hydroxyl groups is 1. The lowest BCUT2D eigenvalue weighted by Crippen LogP contribution is -2.41. The zero-order valence-corrected chi connectivity index (χ0v) is 9.72. The molecule has 0 spiro atoms. The van der Waals surface area contributed by atoms with E-state index in [2.05, 4.69) is 4.72 Å². The second kappa shape index (κ2) is 5.88. The Bertz CT molecular complexity index is 302. The molecule has 1 aliphatic carbocycles. The summed E-state index contributed by atoms with van der Waals surface area (Å²) < 4.78 is 49.3. The average Bonchev–Trinajstić information content (AvgIpc) is 2.27. The van der Waals surface area contributed by atoms with Crippen molar-refractivity contribution in [2.45, 2.75) is 49.9 Å². The van der Waals surface area contributed by atoms with E-state index in [1.54, 1.807) is 0 Å². The molecule has 0 heterocycles. The van der Waals surface area contributed by atoms with Gasteiger partial charge in [0.15, 0.2) is 0 Å². The normalized spacial score (nSPS) is 21.2. The minimum absolute atomic E-state index is 0.494. The summed E-state index contributed by atoms with van der Waals surface area (Å²) in [4.78, 5) is 0. The van der Waals surface area contributed by atoms with Crippen LogP contribution in [0.4, 0.5) is 8.78 Å². The van der Waals surface area contributed by atoms with Crippen LogP contribution in [0, 0.1) is 0 Å². The van der Waals surface area contributed by atoms with E-state index in [4.69, 9.17) is 5.11 Å². The molecule has 0 amide bonds. The van der Waals surface area contributed by atoms with Gasteiger partial charge in [-0.2, -0.15) is 0 Å². The highest BCUT2D eigenvalue weighted by atomic mass is 32.2. The Morgan fingerprint density at radius 2 is 1.81 bits per heavy atom. The Labute approximate surface area is 94.1 Å². The number of aliphatic hydroxyl groups excluding tert-OH is 1. The van der Waals surface area contributed by atoms with Crippen LogP contribution in [0.25, 0.3) is 0 Å². The fourth-order valence-corrected chi connectivity index (χ4v) is 3.38. The molecule has 2 N–H and O–H groups in total. The fraction of sp³-hybridized carbons (Fsp3) is 1.00. The first-order chi connectivity index (χ1) is 7.43. The van der Waals surface area contributed by atoms with Crippen LogP contribution in [-0.2, 0) is 10.0 Å².